The predicted octanol–water partition coefficient (Wildman–Crippen LogP) is 6.51. The summed E-state index contributed by atoms with van der Waals surface area (Å²) in [6.07, 6.45) is -3.20. The Morgan fingerprint density at radius 2 is 1.74 bits per heavy atom. The van der Waals surface area contributed by atoms with Gasteiger partial charge in [-0.05, 0) is 59.6 Å². The quantitative estimate of drug-likeness (QED) is 0.136. The van der Waals surface area contributed by atoms with E-state index in [1.165, 1.54) is 28.6 Å². The van der Waals surface area contributed by atoms with E-state index in [2.05, 4.69) is 44.5 Å². The number of nitrogens with one attached hydrogen (secondary N) is 2. The Labute approximate surface area is 246 Å². The van der Waals surface area contributed by atoms with Crippen LogP contribution in [0.25, 0.3) is 11.4 Å². The lowest BCUT2D eigenvalue weighted by atomic mass is 10.0. The van der Waals surface area contributed by atoms with Crippen molar-refractivity contribution < 1.29 is 22.7 Å². The highest BCUT2D eigenvalue weighted by molar-refractivity contribution is 7.80. The van der Waals surface area contributed by atoms with Crippen LogP contribution in [0.1, 0.15) is 37.8 Å². The van der Waals surface area contributed by atoms with Crippen LogP contribution in [0.3, 0.4) is 0 Å². The zero-order valence-corrected chi connectivity index (χ0v) is 24.0. The number of anilines is 3. The molecule has 13 heteroatoms. The van der Waals surface area contributed by atoms with Crippen LogP contribution >= 0.6 is 12.2 Å². The molecule has 0 fully saturated rings. The van der Waals surface area contributed by atoms with Crippen molar-refractivity contribution in [3.8, 4) is 17.1 Å². The van der Waals surface area contributed by atoms with Crippen molar-refractivity contribution in [2.75, 3.05) is 10.2 Å². The van der Waals surface area contributed by atoms with Crippen LogP contribution in [0.4, 0.5) is 30.5 Å². The van der Waals surface area contributed by atoms with Crippen LogP contribution in [0.15, 0.2) is 77.9 Å². The number of nitrogens with zero attached hydrogens (tertiary/aromatic N) is 5. The third kappa shape index (κ3) is 7.69. The van der Waals surface area contributed by atoms with E-state index in [-0.39, 0.29) is 5.95 Å². The lowest BCUT2D eigenvalue weighted by Crippen LogP contribution is -2.26. The van der Waals surface area contributed by atoms with Gasteiger partial charge in [0.1, 0.15) is 5.75 Å². The molecule has 0 atom stereocenters. The van der Waals surface area contributed by atoms with E-state index < -0.39 is 18.0 Å². The third-order valence-corrected chi connectivity index (χ3v) is 6.16. The highest BCUT2D eigenvalue weighted by Crippen LogP contribution is 2.30. The number of hydrogen-bond donors (Lipinski definition) is 2. The molecule has 0 saturated heterocycles. The minimum atomic E-state index is -4.82. The van der Waals surface area contributed by atoms with Gasteiger partial charge in [0, 0.05) is 25.2 Å². The number of halogens is 3. The Balaban J connectivity index is 1.44. The number of carbonyl (C=O) groups is 1. The molecule has 3 aromatic carbocycles. The second-order valence-corrected chi connectivity index (χ2v) is 9.85. The minimum Gasteiger partial charge on any atom is -0.406 e. The van der Waals surface area contributed by atoms with Crippen molar-refractivity contribution in [3.05, 3.63) is 83.9 Å². The van der Waals surface area contributed by atoms with Crippen molar-refractivity contribution in [2.45, 2.75) is 33.1 Å². The zero-order valence-electron chi connectivity index (χ0n) is 23.2. The molecule has 0 radical (unpaired) electrons. The molecule has 1 aromatic heterocycles. The summed E-state index contributed by atoms with van der Waals surface area (Å²) in [5, 5.41) is 12.1. The van der Waals surface area contributed by atoms with Crippen molar-refractivity contribution in [3.63, 3.8) is 0 Å². The van der Waals surface area contributed by atoms with Crippen LogP contribution in [0, 0.1) is 0 Å². The van der Waals surface area contributed by atoms with Gasteiger partial charge in [-0.15, -0.1) is 18.3 Å². The summed E-state index contributed by atoms with van der Waals surface area (Å²) < 4.78 is 42.9. The van der Waals surface area contributed by atoms with E-state index in [1.54, 1.807) is 25.4 Å². The average Bonchev–Trinajstić information content (AvgIpc) is 3.30. The molecule has 2 N–H and O–H groups in total. The van der Waals surface area contributed by atoms with Crippen molar-refractivity contribution in [1.82, 2.24) is 20.2 Å². The summed E-state index contributed by atoms with van der Waals surface area (Å²) in [6.45, 7) is 5.54. The van der Waals surface area contributed by atoms with E-state index in [1.807, 2.05) is 36.4 Å². The first-order valence-electron chi connectivity index (χ1n) is 12.8. The van der Waals surface area contributed by atoms with E-state index in [9.17, 15) is 18.0 Å². The number of alkyl halides is 3. The van der Waals surface area contributed by atoms with E-state index in [0.717, 1.165) is 28.9 Å². The van der Waals surface area contributed by atoms with E-state index >= 15 is 0 Å². The first-order valence-corrected chi connectivity index (χ1v) is 13.2. The lowest BCUT2D eigenvalue weighted by Gasteiger charge is -2.19. The number of carbonyl (C=O) groups excluding carboxylic acids is 1. The Kier molecular flexibility index (Phi) is 9.21. The topological polar surface area (TPSA) is 96.7 Å². The summed E-state index contributed by atoms with van der Waals surface area (Å²) in [4.78, 5) is 18.3. The van der Waals surface area contributed by atoms with Crippen molar-refractivity contribution in [2.24, 2.45) is 12.1 Å². The van der Waals surface area contributed by atoms with Crippen LogP contribution in [0.5, 0.6) is 5.75 Å². The highest BCUT2D eigenvalue weighted by atomic mass is 32.1. The first kappa shape index (κ1) is 30.2. The molecular weight excluding hydrogens is 567 g/mol. The Hall–Kier alpha value is -4.78. The van der Waals surface area contributed by atoms with Crippen molar-refractivity contribution >= 4 is 46.8 Å². The zero-order chi connectivity index (χ0) is 30.4. The molecule has 0 unspecified atom stereocenters. The maximum atomic E-state index is 12.5. The fourth-order valence-electron chi connectivity index (χ4n) is 4.08. The molecule has 9 nitrogen and oxygen atoms in total. The minimum absolute atomic E-state index is 0.192. The average molecular weight is 596 g/mol. The first-order chi connectivity index (χ1) is 19.9. The van der Waals surface area contributed by atoms with Crippen LogP contribution in [-0.4, -0.2) is 38.4 Å². The number of para-hydroxylation sites is 1. The molecule has 1 heterocycles. The second-order valence-electron chi connectivity index (χ2n) is 9.44. The number of thiocarbonyl (C=S) groups is 1. The van der Waals surface area contributed by atoms with Crippen molar-refractivity contribution in [1.29, 1.82) is 0 Å². The van der Waals surface area contributed by atoms with Gasteiger partial charge in [-0.1, -0.05) is 56.3 Å². The van der Waals surface area contributed by atoms with Gasteiger partial charge in [0.05, 0.1) is 11.9 Å². The molecule has 4 rings (SSSR count). The fourth-order valence-corrected chi connectivity index (χ4v) is 4.24. The molecule has 0 saturated carbocycles. The Bertz CT molecular complexity index is 1580. The van der Waals surface area contributed by atoms with Gasteiger partial charge >= 0.3 is 6.36 Å². The Morgan fingerprint density at radius 1 is 1.07 bits per heavy atom. The molecule has 0 aliphatic heterocycles. The van der Waals surface area contributed by atoms with Gasteiger partial charge in [0.2, 0.25) is 11.9 Å². The van der Waals surface area contributed by atoms with E-state index in [4.69, 9.17) is 12.2 Å². The monoisotopic (exact) mass is 595 g/mol. The van der Waals surface area contributed by atoms with Gasteiger partial charge < -0.3 is 10.1 Å². The van der Waals surface area contributed by atoms with Crippen LogP contribution < -0.4 is 20.4 Å². The number of aryl methyl sites for hydroxylation is 1. The largest absolute Gasteiger partial charge is 0.573 e. The smallest absolute Gasteiger partial charge is 0.406 e. The summed E-state index contributed by atoms with van der Waals surface area (Å²) in [7, 11) is 1.62. The van der Waals surface area contributed by atoms with Gasteiger partial charge in [0.15, 0.2) is 10.9 Å². The van der Waals surface area contributed by atoms with Crippen LogP contribution in [0.2, 0.25) is 0 Å². The van der Waals surface area contributed by atoms with Gasteiger partial charge in [-0.25, -0.2) is 9.58 Å². The number of ether oxygens (including phenoxy) is 1. The molecule has 0 spiro atoms. The van der Waals surface area contributed by atoms with Gasteiger partial charge in [-0.3, -0.25) is 10.2 Å². The second kappa shape index (κ2) is 12.8. The summed E-state index contributed by atoms with van der Waals surface area (Å²) in [5.74, 6) is 0.0768. The summed E-state index contributed by atoms with van der Waals surface area (Å²) >= 11 is 5.36. The number of hydrazone groups is 1. The summed E-state index contributed by atoms with van der Waals surface area (Å²) in [6, 6.07) is 20.1. The molecular formula is C29H28F3N7O2S. The molecule has 4 aromatic rings. The highest BCUT2D eigenvalue weighted by Gasteiger charge is 2.31. The van der Waals surface area contributed by atoms with E-state index in [0.29, 0.717) is 28.1 Å². The fraction of sp³-hybridized carbons (Fsp3) is 0.207. The number of rotatable bonds is 8. The molecule has 0 aliphatic rings. The van der Waals surface area contributed by atoms with Crippen LogP contribution in [-0.2, 0) is 11.8 Å². The molecule has 1 amide bonds. The standard InChI is InChI=1S/C29H28F3N7O2S/c1-18(2)24-7-5-6-8-25(24)34-27(42)36-33-17-20-9-11-21(12-10-20)26-35-28(38(4)37-26)39(19(3)40)22-13-15-23(16-14-22)41-29(30,31)32/h5-18H,1-4H3,(H2,34,36,42). The molecule has 0 bridgehead atoms. The van der Waals surface area contributed by atoms with Gasteiger partial charge in [0.25, 0.3) is 0 Å². The number of hydrogen-bond acceptors (Lipinski definition) is 6. The lowest BCUT2D eigenvalue weighted by molar-refractivity contribution is -0.274. The van der Waals surface area contributed by atoms with Gasteiger partial charge in [-0.2, -0.15) is 10.1 Å². The third-order valence-electron chi connectivity index (χ3n) is 5.96. The normalized spacial score (nSPS) is 11.5. The maximum absolute atomic E-state index is 12.5. The maximum Gasteiger partial charge on any atom is 0.573 e. The summed E-state index contributed by atoms with van der Waals surface area (Å²) in [5.41, 5.74) is 6.66. The molecule has 42 heavy (non-hydrogen) atoms. The molecule has 0 aliphatic carbocycles. The SMILES string of the molecule is CC(=O)N(c1ccc(OC(F)(F)F)cc1)c1nc(-c2ccc(C=NNC(=S)Nc3ccccc3C(C)C)cc2)nn1C. The predicted molar refractivity (Wildman–Crippen MR) is 160 cm³/mol. The number of aromatic nitrogens is 3. The molecule has 218 valence electrons. The Morgan fingerprint density at radius 3 is 2.36 bits per heavy atom. The number of benzene rings is 3. The number of amides is 1.